The zero-order valence-corrected chi connectivity index (χ0v) is 39.9. The quantitative estimate of drug-likeness (QED) is 0.0840. The number of halogens is 24. The maximum Gasteiger partial charge on any atom is 0.437 e. The van der Waals surface area contributed by atoms with Crippen molar-refractivity contribution in [3.8, 4) is 10.9 Å². The van der Waals surface area contributed by atoms with Crippen molar-refractivity contribution in [2.45, 2.75) is 56.0 Å². The van der Waals surface area contributed by atoms with E-state index in [-0.39, 0.29) is 0 Å². The summed E-state index contributed by atoms with van der Waals surface area (Å²) in [5.41, 5.74) is -27.7. The number of rotatable bonds is 8. The van der Waals surface area contributed by atoms with Crippen LogP contribution in [0.2, 0.25) is 0 Å². The maximum atomic E-state index is 14.2. The minimum absolute atomic E-state index is 0.691. The fourth-order valence-electron chi connectivity index (χ4n) is 8.67. The van der Waals surface area contributed by atoms with E-state index in [0.717, 1.165) is 17.5 Å². The average molecular weight is 1180 g/mol. The lowest BCUT2D eigenvalue weighted by Gasteiger charge is -2.46. The lowest BCUT2D eigenvalue weighted by molar-refractivity contribution is -0.662. The van der Waals surface area contributed by atoms with Crippen molar-refractivity contribution < 1.29 is 115 Å². The van der Waals surface area contributed by atoms with Crippen molar-refractivity contribution >= 4 is 49.6 Å². The highest BCUT2D eigenvalue weighted by atomic mass is 32.1. The summed E-state index contributed by atoms with van der Waals surface area (Å²) in [5.74, 6) is 0.862. The molecule has 2 nitrogen and oxygen atoms in total. The number of hydrogen-bond donors (Lipinski definition) is 0. The van der Waals surface area contributed by atoms with Crippen molar-refractivity contribution in [1.29, 1.82) is 0 Å². The molecule has 0 aliphatic rings. The summed E-state index contributed by atoms with van der Waals surface area (Å²) in [6.45, 7) is 0.799. The Morgan fingerprint density at radius 2 is 0.588 bits per heavy atom. The molecule has 80 heavy (non-hydrogen) atoms. The summed E-state index contributed by atoms with van der Waals surface area (Å²) in [7, 11) is 0. The van der Waals surface area contributed by atoms with E-state index in [1.54, 1.807) is 11.3 Å². The molecule has 0 amide bonds. The Balaban J connectivity index is 0.000000329. The van der Waals surface area contributed by atoms with Crippen molar-refractivity contribution in [2.24, 2.45) is 0 Å². The Labute approximate surface area is 438 Å². The molecule has 7 aromatic carbocycles. The standard InChI is InChI=1S/C32H12BF24.C20H16NOS/c34-25(35,36)13-1-14(26(37,38)39)6-21(5-13)33(22-7-15(27(40,41)42)2-16(8-22)28(43,44)45,23-9-17(29(46,47)48)3-18(10-23)30(49,50)51)24-11-19(31(52,53)54)4-20(12-24)32(55,56)57;1-3-9-16(10-4-1)15-21-18-13-7-8-14-19(18)23-20(21)22-17-11-5-2-6-12-17/h1-12H;1-14H,15H2/q-1;+1. The van der Waals surface area contributed by atoms with Gasteiger partial charge in [-0.3, -0.25) is 0 Å². The molecule has 0 saturated carbocycles. The van der Waals surface area contributed by atoms with Crippen LogP contribution < -0.4 is 31.2 Å². The van der Waals surface area contributed by atoms with E-state index in [9.17, 15) is 105 Å². The minimum Gasteiger partial charge on any atom is -0.397 e. The molecule has 0 spiro atoms. The van der Waals surface area contributed by atoms with Crippen LogP contribution in [0.15, 0.2) is 158 Å². The number of thiazole rings is 1. The molecule has 0 N–H and O–H groups in total. The summed E-state index contributed by atoms with van der Waals surface area (Å²) < 4.78 is 350. The van der Waals surface area contributed by atoms with Crippen LogP contribution in [0.1, 0.15) is 50.1 Å². The molecule has 0 aliphatic carbocycles. The fraction of sp³-hybridized carbons (Fsp3) is 0.173. The summed E-state index contributed by atoms with van der Waals surface area (Å²) in [5, 5.41) is 0.904. The van der Waals surface area contributed by atoms with Gasteiger partial charge in [-0.25, -0.2) is 0 Å². The van der Waals surface area contributed by atoms with Gasteiger partial charge in [-0.1, -0.05) is 109 Å². The number of para-hydroxylation sites is 2. The normalized spacial score (nSPS) is 13.3. The van der Waals surface area contributed by atoms with E-state index in [0.29, 0.717) is 0 Å². The number of benzene rings is 7. The van der Waals surface area contributed by atoms with Crippen molar-refractivity contribution in [3.63, 3.8) is 0 Å². The van der Waals surface area contributed by atoms with Crippen LogP contribution >= 0.6 is 11.3 Å². The number of alkyl halides is 24. The maximum absolute atomic E-state index is 14.2. The highest BCUT2D eigenvalue weighted by Gasteiger charge is 2.47. The molecule has 8 rings (SSSR count). The lowest BCUT2D eigenvalue weighted by Crippen LogP contribution is -2.75. The van der Waals surface area contributed by atoms with E-state index in [1.807, 2.05) is 36.4 Å². The molecule has 0 fully saturated rings. The molecular formula is C52H28BF24NOS. The van der Waals surface area contributed by atoms with Crippen molar-refractivity contribution in [3.05, 3.63) is 208 Å². The van der Waals surface area contributed by atoms with Gasteiger partial charge in [0.15, 0.2) is 6.54 Å². The second kappa shape index (κ2) is 21.3. The van der Waals surface area contributed by atoms with Gasteiger partial charge in [0.25, 0.3) is 0 Å². The number of fused-ring (bicyclic) bond motifs is 1. The fourth-order valence-corrected chi connectivity index (χ4v) is 9.69. The van der Waals surface area contributed by atoms with Crippen LogP contribution in [0.4, 0.5) is 105 Å². The van der Waals surface area contributed by atoms with Crippen LogP contribution in [-0.2, 0) is 56.0 Å². The molecule has 0 aliphatic heterocycles. The second-order valence-electron chi connectivity index (χ2n) is 17.5. The molecular weight excluding hydrogens is 1150 g/mol. The number of hydrogen-bond acceptors (Lipinski definition) is 2. The first-order valence-electron chi connectivity index (χ1n) is 22.2. The Kier molecular flexibility index (Phi) is 16.0. The van der Waals surface area contributed by atoms with Crippen LogP contribution in [0, 0.1) is 0 Å². The van der Waals surface area contributed by atoms with Gasteiger partial charge in [0.05, 0.1) is 44.5 Å². The molecule has 8 aromatic rings. The first kappa shape index (κ1) is 60.3. The minimum atomic E-state index is -6.13. The van der Waals surface area contributed by atoms with E-state index >= 15 is 0 Å². The van der Waals surface area contributed by atoms with Crippen LogP contribution in [0.25, 0.3) is 10.2 Å². The topological polar surface area (TPSA) is 13.1 Å². The van der Waals surface area contributed by atoms with E-state index in [4.69, 9.17) is 4.74 Å². The highest BCUT2D eigenvalue weighted by Crippen LogP contribution is 2.42. The molecule has 424 valence electrons. The van der Waals surface area contributed by atoms with Gasteiger partial charge in [-0.15, -0.1) is 4.57 Å². The smallest absolute Gasteiger partial charge is 0.397 e. The molecule has 0 atom stereocenters. The third-order valence-electron chi connectivity index (χ3n) is 12.1. The Morgan fingerprint density at radius 1 is 0.325 bits per heavy atom. The van der Waals surface area contributed by atoms with E-state index in [1.165, 1.54) is 15.8 Å². The summed E-state index contributed by atoms with van der Waals surface area (Å²) in [6, 6.07) is 20.0. The summed E-state index contributed by atoms with van der Waals surface area (Å²) in [6.07, 6.45) is -54.8. The third-order valence-corrected chi connectivity index (χ3v) is 13.2. The first-order valence-corrected chi connectivity index (χ1v) is 23.0. The highest BCUT2D eigenvalue weighted by molar-refractivity contribution is 7.20. The van der Waals surface area contributed by atoms with E-state index in [2.05, 4.69) is 53.1 Å². The number of nitrogens with zero attached hydrogens (tertiary/aromatic N) is 1. The first-order chi connectivity index (χ1) is 36.7. The Morgan fingerprint density at radius 3 is 0.875 bits per heavy atom. The van der Waals surface area contributed by atoms with Gasteiger partial charge in [0, 0.05) is 11.6 Å². The summed E-state index contributed by atoms with van der Waals surface area (Å²) in [4.78, 5) is 0. The lowest BCUT2D eigenvalue weighted by atomic mass is 9.12. The Hall–Kier alpha value is -7.39. The van der Waals surface area contributed by atoms with Crippen LogP contribution in [0.3, 0.4) is 0 Å². The van der Waals surface area contributed by atoms with Crippen LogP contribution in [0.5, 0.6) is 10.9 Å². The monoisotopic (exact) mass is 1180 g/mol. The van der Waals surface area contributed by atoms with Crippen molar-refractivity contribution in [2.75, 3.05) is 0 Å². The van der Waals surface area contributed by atoms with E-state index < -0.39 is 195 Å². The van der Waals surface area contributed by atoms with Gasteiger partial charge in [-0.2, -0.15) is 127 Å². The molecule has 0 saturated heterocycles. The van der Waals surface area contributed by atoms with Crippen LogP contribution in [-0.4, -0.2) is 6.15 Å². The molecule has 0 radical (unpaired) electrons. The largest absolute Gasteiger partial charge is 0.437 e. The van der Waals surface area contributed by atoms with Gasteiger partial charge in [0.2, 0.25) is 5.52 Å². The molecule has 1 heterocycles. The zero-order valence-electron chi connectivity index (χ0n) is 39.1. The second-order valence-corrected chi connectivity index (χ2v) is 18.5. The average Bonchev–Trinajstić information content (AvgIpc) is 3.72. The predicted molar refractivity (Wildman–Crippen MR) is 244 cm³/mol. The SMILES string of the molecule is FC(F)(F)c1cc([B-](c2cc(C(F)(F)F)cc(C(F)(F)F)c2)(c2cc(C(F)(F)F)cc(C(F)(F)F)c2)c2cc(C(F)(F)F)cc(C(F)(F)F)c2)cc(C(F)(F)F)c1.c1ccc(C[n+]2c(Oc3ccccc3)sc3ccccc32)cc1. The zero-order chi connectivity index (χ0) is 59.4. The summed E-state index contributed by atoms with van der Waals surface area (Å²) >= 11 is 1.68. The molecule has 0 unspecified atom stereocenters. The molecule has 1 aromatic heterocycles. The van der Waals surface area contributed by atoms with Gasteiger partial charge in [0.1, 0.15) is 16.6 Å². The third kappa shape index (κ3) is 13.4. The molecule has 0 bridgehead atoms. The number of ether oxygens (including phenoxy) is 1. The predicted octanol–water partition coefficient (Wildman–Crippen LogP) is 16.2. The van der Waals surface area contributed by atoms with Crippen molar-refractivity contribution in [1.82, 2.24) is 0 Å². The number of aromatic nitrogens is 1. The van der Waals surface area contributed by atoms with Gasteiger partial charge < -0.3 is 4.74 Å². The molecule has 28 heteroatoms. The van der Waals surface area contributed by atoms with Gasteiger partial charge in [-0.05, 0) is 53.8 Å². The van der Waals surface area contributed by atoms with Gasteiger partial charge >= 0.3 is 54.6 Å². The Bertz CT molecular complexity index is 3060.